The molecule has 0 aliphatic heterocycles. The van der Waals surface area contributed by atoms with Crippen LogP contribution in [0.25, 0.3) is 81.4 Å². The second-order valence-corrected chi connectivity index (χ2v) is 9.70. The Morgan fingerprint density at radius 3 is 2.17 bits per heavy atom. The van der Waals surface area contributed by atoms with E-state index < -0.39 is 0 Å². The van der Waals surface area contributed by atoms with Crippen LogP contribution >= 0.6 is 0 Å². The van der Waals surface area contributed by atoms with Gasteiger partial charge in [-0.25, -0.2) is 0 Å². The van der Waals surface area contributed by atoms with E-state index in [2.05, 4.69) is 100 Å². The molecule has 0 aliphatic rings. The molecule has 0 radical (unpaired) electrons. The van der Waals surface area contributed by atoms with Crippen molar-refractivity contribution >= 4 is 81.4 Å². The van der Waals surface area contributed by atoms with E-state index in [1.807, 2.05) is 12.1 Å². The van der Waals surface area contributed by atoms with Gasteiger partial charge in [0.2, 0.25) is 0 Å². The van der Waals surface area contributed by atoms with Gasteiger partial charge in [-0.2, -0.15) is 5.26 Å². The summed E-state index contributed by atoms with van der Waals surface area (Å²) in [5, 5.41) is 22.0. The lowest BCUT2D eigenvalue weighted by Gasteiger charge is -2.10. The minimum Gasteiger partial charge on any atom is -0.354 e. The predicted octanol–water partition coefficient (Wildman–Crippen LogP) is 8.65. The fraction of sp³-hybridized carbons (Fsp3) is 0. The summed E-state index contributed by atoms with van der Waals surface area (Å²) in [5.41, 5.74) is 6.70. The Kier molecular flexibility index (Phi) is 3.11. The second kappa shape index (κ2) is 6.13. The molecule has 3 heteroatoms. The number of H-pyrrole nitrogens is 1. The van der Waals surface area contributed by atoms with Crippen LogP contribution in [0.4, 0.5) is 0 Å². The van der Waals surface area contributed by atoms with Gasteiger partial charge in [-0.3, -0.25) is 0 Å². The van der Waals surface area contributed by atoms with Crippen LogP contribution in [0.2, 0.25) is 0 Å². The summed E-state index contributed by atoms with van der Waals surface area (Å²) in [5.74, 6) is 0. The van der Waals surface area contributed by atoms with Gasteiger partial charge in [-0.15, -0.1) is 0 Å². The van der Waals surface area contributed by atoms with E-state index in [1.54, 1.807) is 0 Å². The average Bonchev–Trinajstić information content (AvgIpc) is 3.59. The van der Waals surface area contributed by atoms with Gasteiger partial charge in [0.15, 0.2) is 0 Å². The Balaban J connectivity index is 1.76. The molecule has 0 fully saturated rings. The Morgan fingerprint density at radius 1 is 0.528 bits per heavy atom. The maximum Gasteiger partial charge on any atom is 0.0998 e. The van der Waals surface area contributed by atoms with Gasteiger partial charge >= 0.3 is 0 Å². The van der Waals surface area contributed by atoms with E-state index in [0.717, 1.165) is 21.8 Å². The molecule has 3 aromatic heterocycles. The molecule has 0 amide bonds. The summed E-state index contributed by atoms with van der Waals surface area (Å²) in [6, 6.07) is 36.8. The van der Waals surface area contributed by atoms with Crippen molar-refractivity contribution in [3.8, 4) is 6.07 Å². The van der Waals surface area contributed by atoms with E-state index in [9.17, 15) is 5.26 Å². The van der Waals surface area contributed by atoms with Gasteiger partial charge in [0, 0.05) is 54.0 Å². The van der Waals surface area contributed by atoms with Crippen LogP contribution in [-0.4, -0.2) is 9.38 Å². The number of rotatable bonds is 0. The van der Waals surface area contributed by atoms with Crippen molar-refractivity contribution in [2.24, 2.45) is 0 Å². The molecule has 3 nitrogen and oxygen atoms in total. The van der Waals surface area contributed by atoms with Gasteiger partial charge < -0.3 is 9.38 Å². The highest BCUT2D eigenvalue weighted by Crippen LogP contribution is 2.48. The first-order chi connectivity index (χ1) is 17.8. The summed E-state index contributed by atoms with van der Waals surface area (Å²) in [6.07, 6.45) is 0. The third kappa shape index (κ3) is 1.94. The summed E-state index contributed by atoms with van der Waals surface area (Å²) in [7, 11) is 0. The molecule has 6 aromatic carbocycles. The highest BCUT2D eigenvalue weighted by Gasteiger charge is 2.24. The van der Waals surface area contributed by atoms with Crippen LogP contribution in [0.15, 0.2) is 97.1 Å². The Labute approximate surface area is 204 Å². The number of hydrogen-bond acceptors (Lipinski definition) is 1. The van der Waals surface area contributed by atoms with E-state index >= 15 is 0 Å². The first kappa shape index (κ1) is 18.3. The van der Waals surface area contributed by atoms with E-state index in [-0.39, 0.29) is 0 Å². The first-order valence-electron chi connectivity index (χ1n) is 12.2. The smallest absolute Gasteiger partial charge is 0.0998 e. The number of para-hydroxylation sites is 3. The van der Waals surface area contributed by atoms with Crippen LogP contribution in [-0.2, 0) is 0 Å². The fourth-order valence-electron chi connectivity index (χ4n) is 6.70. The van der Waals surface area contributed by atoms with Crippen molar-refractivity contribution in [2.75, 3.05) is 0 Å². The molecule has 0 saturated heterocycles. The van der Waals surface area contributed by atoms with Crippen molar-refractivity contribution in [3.05, 3.63) is 103 Å². The van der Waals surface area contributed by atoms with Crippen LogP contribution < -0.4 is 0 Å². The number of nitrogens with one attached hydrogen (secondary N) is 1. The first-order valence-corrected chi connectivity index (χ1v) is 12.2. The molecule has 0 spiro atoms. The van der Waals surface area contributed by atoms with Crippen molar-refractivity contribution in [1.82, 2.24) is 9.38 Å². The number of aromatic amines is 1. The number of hydrogen-bond donors (Lipinski definition) is 1. The lowest BCUT2D eigenvalue weighted by molar-refractivity contribution is 1.38. The zero-order chi connectivity index (χ0) is 23.5. The lowest BCUT2D eigenvalue weighted by atomic mass is 9.93. The molecule has 0 saturated carbocycles. The SMILES string of the molecule is N#Cc1cccc2c1ccc1c3[nH]c4ccccc4c3c3c4cccc5c6ccccc6n(c54)c3c21. The fourth-order valence-corrected chi connectivity index (χ4v) is 6.70. The van der Waals surface area contributed by atoms with E-state index in [4.69, 9.17) is 0 Å². The molecular weight excluding hydrogens is 438 g/mol. The number of nitriles is 1. The Morgan fingerprint density at radius 2 is 1.25 bits per heavy atom. The molecule has 9 rings (SSSR count). The zero-order valence-electron chi connectivity index (χ0n) is 19.1. The average molecular weight is 456 g/mol. The van der Waals surface area contributed by atoms with E-state index in [0.29, 0.717) is 5.56 Å². The molecule has 0 aliphatic carbocycles. The van der Waals surface area contributed by atoms with Crippen LogP contribution in [0.1, 0.15) is 5.56 Å². The number of benzene rings is 6. The maximum atomic E-state index is 9.88. The minimum absolute atomic E-state index is 0.706. The van der Waals surface area contributed by atoms with Crippen LogP contribution in [0.5, 0.6) is 0 Å². The lowest BCUT2D eigenvalue weighted by Crippen LogP contribution is -1.88. The van der Waals surface area contributed by atoms with Gasteiger partial charge in [-0.05, 0) is 23.6 Å². The number of fused-ring (bicyclic) bond motifs is 15. The topological polar surface area (TPSA) is 44.0 Å². The molecule has 0 unspecified atom stereocenters. The molecule has 0 bridgehead atoms. The van der Waals surface area contributed by atoms with Crippen LogP contribution in [0.3, 0.4) is 0 Å². The molecule has 1 N–H and O–H groups in total. The van der Waals surface area contributed by atoms with Gasteiger partial charge in [-0.1, -0.05) is 78.9 Å². The molecular formula is C33H17N3. The summed E-state index contributed by atoms with van der Waals surface area (Å²) >= 11 is 0. The highest BCUT2D eigenvalue weighted by atomic mass is 14.9. The standard InChI is InChI=1S/C33H17N3/c34-17-18-7-5-10-21-19(18)15-16-24-28(21)33-30(29-23-9-1-3-13-26(23)35-31(24)29)25-12-6-11-22-20-8-2-4-14-27(20)36(33)32(22)25/h1-16,35H. The molecule has 9 aromatic rings. The highest BCUT2D eigenvalue weighted by molar-refractivity contribution is 6.41. The third-order valence-corrected chi connectivity index (χ3v) is 8.07. The Bertz CT molecular complexity index is 2430. The van der Waals surface area contributed by atoms with Crippen LogP contribution in [0, 0.1) is 11.3 Å². The second-order valence-electron chi connectivity index (χ2n) is 9.70. The largest absolute Gasteiger partial charge is 0.354 e. The Hall–Kier alpha value is -5.07. The zero-order valence-corrected chi connectivity index (χ0v) is 19.1. The normalized spacial score (nSPS) is 12.4. The van der Waals surface area contributed by atoms with Crippen molar-refractivity contribution in [2.45, 2.75) is 0 Å². The third-order valence-electron chi connectivity index (χ3n) is 8.07. The molecule has 36 heavy (non-hydrogen) atoms. The quantitative estimate of drug-likeness (QED) is 0.228. The van der Waals surface area contributed by atoms with Crippen molar-refractivity contribution in [1.29, 1.82) is 5.26 Å². The van der Waals surface area contributed by atoms with Gasteiger partial charge in [0.05, 0.1) is 33.7 Å². The molecule has 0 atom stereocenters. The number of aromatic nitrogens is 2. The van der Waals surface area contributed by atoms with Gasteiger partial charge in [0.25, 0.3) is 0 Å². The summed E-state index contributed by atoms with van der Waals surface area (Å²) < 4.78 is 2.47. The monoisotopic (exact) mass is 455 g/mol. The van der Waals surface area contributed by atoms with Crippen molar-refractivity contribution in [3.63, 3.8) is 0 Å². The molecule has 164 valence electrons. The summed E-state index contributed by atoms with van der Waals surface area (Å²) in [4.78, 5) is 3.76. The predicted molar refractivity (Wildman–Crippen MR) is 150 cm³/mol. The maximum absolute atomic E-state index is 9.88. The summed E-state index contributed by atoms with van der Waals surface area (Å²) in [6.45, 7) is 0. The van der Waals surface area contributed by atoms with E-state index in [1.165, 1.54) is 59.6 Å². The molecule has 3 heterocycles. The number of nitrogens with zero attached hydrogens (tertiary/aromatic N) is 2. The van der Waals surface area contributed by atoms with Crippen molar-refractivity contribution < 1.29 is 0 Å². The minimum atomic E-state index is 0.706. The van der Waals surface area contributed by atoms with Gasteiger partial charge in [0.1, 0.15) is 0 Å².